The number of aromatic amines is 1. The first-order valence-electron chi connectivity index (χ1n) is 5.33. The molecular weight excluding hydrogens is 216 g/mol. The first-order valence-corrected chi connectivity index (χ1v) is 5.33. The molecule has 1 aromatic heterocycles. The smallest absolute Gasteiger partial charge is 0.252 e. The Hall–Kier alpha value is -2.30. The number of aryl methyl sites for hydroxylation is 2. The summed E-state index contributed by atoms with van der Waals surface area (Å²) < 4.78 is 0. The van der Waals surface area contributed by atoms with Crippen LogP contribution in [-0.2, 0) is 12.8 Å². The molecule has 0 aliphatic carbocycles. The van der Waals surface area contributed by atoms with Gasteiger partial charge in [0.25, 0.3) is 5.56 Å². The number of H-pyrrole nitrogens is 1. The average Bonchev–Trinajstić information content (AvgIpc) is 2.25. The zero-order valence-corrected chi connectivity index (χ0v) is 9.31. The molecule has 0 fully saturated rings. The van der Waals surface area contributed by atoms with Crippen LogP contribution in [0, 0.1) is 0 Å². The van der Waals surface area contributed by atoms with E-state index in [4.69, 9.17) is 11.5 Å². The fourth-order valence-electron chi connectivity index (χ4n) is 1.66. The summed E-state index contributed by atoms with van der Waals surface area (Å²) >= 11 is 0. The third-order valence-electron chi connectivity index (χ3n) is 2.41. The van der Waals surface area contributed by atoms with Crippen LogP contribution in [0.3, 0.4) is 0 Å². The summed E-state index contributed by atoms with van der Waals surface area (Å²) in [6.45, 7) is 0. The highest BCUT2D eigenvalue weighted by atomic mass is 16.1. The van der Waals surface area contributed by atoms with Gasteiger partial charge in [0.2, 0.25) is 0 Å². The van der Waals surface area contributed by atoms with Gasteiger partial charge in [-0.2, -0.15) is 0 Å². The van der Waals surface area contributed by atoms with E-state index < -0.39 is 0 Å². The maximum absolute atomic E-state index is 11.2. The molecule has 5 heteroatoms. The van der Waals surface area contributed by atoms with E-state index in [1.54, 1.807) is 0 Å². The molecule has 0 aliphatic rings. The number of aromatic nitrogens is 2. The van der Waals surface area contributed by atoms with Crippen molar-refractivity contribution in [2.45, 2.75) is 12.8 Å². The Morgan fingerprint density at radius 2 is 2.00 bits per heavy atom. The third-order valence-corrected chi connectivity index (χ3v) is 2.41. The number of hydrogen-bond acceptors (Lipinski definition) is 4. The first-order chi connectivity index (χ1) is 8.13. The van der Waals surface area contributed by atoms with Crippen LogP contribution in [0.25, 0.3) is 0 Å². The largest absolute Gasteiger partial charge is 0.399 e. The van der Waals surface area contributed by atoms with Gasteiger partial charge in [-0.25, -0.2) is 4.98 Å². The number of hydrogen-bond donors (Lipinski definition) is 3. The Kier molecular flexibility index (Phi) is 3.09. The van der Waals surface area contributed by atoms with Crippen LogP contribution in [0.1, 0.15) is 11.4 Å². The van der Waals surface area contributed by atoms with E-state index in [0.29, 0.717) is 12.2 Å². The lowest BCUT2D eigenvalue weighted by Crippen LogP contribution is -2.12. The zero-order valence-electron chi connectivity index (χ0n) is 9.31. The Morgan fingerprint density at radius 3 is 2.71 bits per heavy atom. The van der Waals surface area contributed by atoms with Crippen molar-refractivity contribution in [2.24, 2.45) is 0 Å². The Labute approximate surface area is 98.5 Å². The second kappa shape index (κ2) is 4.69. The zero-order chi connectivity index (χ0) is 12.3. The molecule has 0 unspecified atom stereocenters. The van der Waals surface area contributed by atoms with Gasteiger partial charge in [-0.3, -0.25) is 4.79 Å². The van der Waals surface area contributed by atoms with Gasteiger partial charge < -0.3 is 16.5 Å². The van der Waals surface area contributed by atoms with E-state index in [1.807, 2.05) is 24.3 Å². The molecule has 5 nitrogen and oxygen atoms in total. The Bertz CT molecular complexity index is 577. The number of nitrogens with zero attached hydrogens (tertiary/aromatic N) is 1. The summed E-state index contributed by atoms with van der Waals surface area (Å²) in [5, 5.41) is 0. The molecule has 0 atom stereocenters. The van der Waals surface area contributed by atoms with E-state index in [9.17, 15) is 4.79 Å². The molecule has 0 spiro atoms. The average molecular weight is 230 g/mol. The van der Waals surface area contributed by atoms with Crippen molar-refractivity contribution in [1.29, 1.82) is 0 Å². The molecular formula is C12H14N4O. The van der Waals surface area contributed by atoms with Crippen molar-refractivity contribution in [3.05, 3.63) is 52.1 Å². The molecule has 0 radical (unpaired) electrons. The van der Waals surface area contributed by atoms with Crippen LogP contribution in [0.2, 0.25) is 0 Å². The molecule has 0 aliphatic heterocycles. The molecule has 0 saturated carbocycles. The second-order valence-electron chi connectivity index (χ2n) is 3.86. The molecule has 1 heterocycles. The number of nitrogens with one attached hydrogen (secondary N) is 1. The van der Waals surface area contributed by atoms with Gasteiger partial charge in [-0.1, -0.05) is 12.1 Å². The fraction of sp³-hybridized carbons (Fsp3) is 0.167. The fourth-order valence-corrected chi connectivity index (χ4v) is 1.66. The molecule has 88 valence electrons. The van der Waals surface area contributed by atoms with Gasteiger partial charge >= 0.3 is 0 Å². The topological polar surface area (TPSA) is 97.8 Å². The summed E-state index contributed by atoms with van der Waals surface area (Å²) in [4.78, 5) is 17.9. The van der Waals surface area contributed by atoms with Gasteiger partial charge in [0.15, 0.2) is 0 Å². The quantitative estimate of drug-likeness (QED) is 0.677. The van der Waals surface area contributed by atoms with Crippen LogP contribution in [-0.4, -0.2) is 9.97 Å². The van der Waals surface area contributed by atoms with E-state index in [-0.39, 0.29) is 11.4 Å². The van der Waals surface area contributed by atoms with Crippen molar-refractivity contribution >= 4 is 11.5 Å². The highest BCUT2D eigenvalue weighted by Gasteiger charge is 2.00. The maximum atomic E-state index is 11.2. The molecule has 0 saturated heterocycles. The van der Waals surface area contributed by atoms with Crippen molar-refractivity contribution < 1.29 is 0 Å². The molecule has 17 heavy (non-hydrogen) atoms. The molecule has 2 aromatic rings. The normalized spacial score (nSPS) is 10.4. The van der Waals surface area contributed by atoms with E-state index in [2.05, 4.69) is 9.97 Å². The van der Waals surface area contributed by atoms with Crippen LogP contribution >= 0.6 is 0 Å². The summed E-state index contributed by atoms with van der Waals surface area (Å²) in [5.74, 6) is 0.841. The minimum atomic E-state index is -0.222. The first kappa shape index (κ1) is 11.2. The lowest BCUT2D eigenvalue weighted by Gasteiger charge is -2.03. The maximum Gasteiger partial charge on any atom is 0.252 e. The van der Waals surface area contributed by atoms with Crippen molar-refractivity contribution in [3.63, 3.8) is 0 Å². The number of nitrogen functional groups attached to an aromatic ring is 2. The van der Waals surface area contributed by atoms with Crippen molar-refractivity contribution in [1.82, 2.24) is 9.97 Å². The molecule has 0 bridgehead atoms. The van der Waals surface area contributed by atoms with Gasteiger partial charge in [-0.15, -0.1) is 0 Å². The van der Waals surface area contributed by atoms with Gasteiger partial charge in [-0.05, 0) is 24.1 Å². The van der Waals surface area contributed by atoms with E-state index in [0.717, 1.165) is 17.7 Å². The van der Waals surface area contributed by atoms with Crippen LogP contribution in [0.15, 0.2) is 35.1 Å². The van der Waals surface area contributed by atoms with Crippen LogP contribution < -0.4 is 17.0 Å². The number of anilines is 2. The second-order valence-corrected chi connectivity index (χ2v) is 3.86. The Morgan fingerprint density at radius 1 is 1.18 bits per heavy atom. The van der Waals surface area contributed by atoms with Crippen molar-refractivity contribution in [3.8, 4) is 0 Å². The summed E-state index contributed by atoms with van der Waals surface area (Å²) in [6.07, 6.45) is 1.39. The van der Waals surface area contributed by atoms with Crippen LogP contribution in [0.5, 0.6) is 0 Å². The lowest BCUT2D eigenvalue weighted by atomic mass is 10.1. The van der Waals surface area contributed by atoms with Gasteiger partial charge in [0, 0.05) is 18.2 Å². The standard InChI is InChI=1S/C12H14N4O/c13-9-3-1-2-8(6-9)4-5-11-15-10(14)7-12(17)16-11/h1-3,6-7H,4-5,13H2,(H3,14,15,16,17). The molecule has 5 N–H and O–H groups in total. The third kappa shape index (κ3) is 3.07. The monoisotopic (exact) mass is 230 g/mol. The minimum Gasteiger partial charge on any atom is -0.399 e. The van der Waals surface area contributed by atoms with Gasteiger partial charge in [0.05, 0.1) is 0 Å². The Balaban J connectivity index is 2.09. The predicted molar refractivity (Wildman–Crippen MR) is 67.5 cm³/mol. The SMILES string of the molecule is Nc1cccc(CCc2nc(N)cc(=O)[nH]2)c1. The molecule has 1 aromatic carbocycles. The highest BCUT2D eigenvalue weighted by Crippen LogP contribution is 2.08. The van der Waals surface area contributed by atoms with Gasteiger partial charge in [0.1, 0.15) is 11.6 Å². The lowest BCUT2D eigenvalue weighted by molar-refractivity contribution is 0.851. The number of benzene rings is 1. The minimum absolute atomic E-state index is 0.222. The summed E-state index contributed by atoms with van der Waals surface area (Å²) in [5.41, 5.74) is 12.8. The predicted octanol–water partition coefficient (Wildman–Crippen LogP) is 0.720. The highest BCUT2D eigenvalue weighted by molar-refractivity contribution is 5.40. The van der Waals surface area contributed by atoms with Crippen molar-refractivity contribution in [2.75, 3.05) is 11.5 Å². The molecule has 2 rings (SSSR count). The van der Waals surface area contributed by atoms with Crippen LogP contribution in [0.4, 0.5) is 11.5 Å². The molecule has 0 amide bonds. The summed E-state index contributed by atoms with van der Waals surface area (Å²) in [6, 6.07) is 8.90. The van der Waals surface area contributed by atoms with E-state index >= 15 is 0 Å². The number of rotatable bonds is 3. The van der Waals surface area contributed by atoms with E-state index in [1.165, 1.54) is 6.07 Å². The summed E-state index contributed by atoms with van der Waals surface area (Å²) in [7, 11) is 0. The number of nitrogens with two attached hydrogens (primary N) is 2.